The molecule has 0 saturated heterocycles. The van der Waals surface area contributed by atoms with Gasteiger partial charge in [-0.3, -0.25) is 19.6 Å². The highest BCUT2D eigenvalue weighted by Gasteiger charge is 2.30. The number of aryl methyl sites for hydroxylation is 2. The van der Waals surface area contributed by atoms with Crippen LogP contribution in [-0.4, -0.2) is 14.8 Å². The van der Waals surface area contributed by atoms with Crippen LogP contribution in [0.15, 0.2) is 23.1 Å². The van der Waals surface area contributed by atoms with Crippen LogP contribution in [0, 0.1) is 6.92 Å². The summed E-state index contributed by atoms with van der Waals surface area (Å²) in [4.78, 5) is 15.4. The van der Waals surface area contributed by atoms with Gasteiger partial charge in [0.2, 0.25) is 0 Å². The van der Waals surface area contributed by atoms with Gasteiger partial charge < -0.3 is 0 Å². The first-order valence-corrected chi connectivity index (χ1v) is 5.10. The Balaban J connectivity index is 2.50. The van der Waals surface area contributed by atoms with Crippen molar-refractivity contribution in [2.45, 2.75) is 13.1 Å². The van der Waals surface area contributed by atoms with Crippen molar-refractivity contribution >= 4 is 0 Å². The van der Waals surface area contributed by atoms with Crippen LogP contribution in [0.4, 0.5) is 13.2 Å². The maximum Gasteiger partial charge on any atom is 0.417 e. The molecule has 1 N–H and O–H groups in total. The number of hydrogen-bond donors (Lipinski definition) is 1. The quantitative estimate of drug-likeness (QED) is 0.850. The SMILES string of the molecule is Cc1[nH]n(C)c(=O)c1-c1ccc(C(F)(F)F)cn1. The Morgan fingerprint density at radius 2 is 2.00 bits per heavy atom. The Bertz CT molecular complexity index is 622. The van der Waals surface area contributed by atoms with Gasteiger partial charge in [-0.15, -0.1) is 0 Å². The first kappa shape index (κ1) is 12.4. The first-order valence-electron chi connectivity index (χ1n) is 5.10. The monoisotopic (exact) mass is 257 g/mol. The number of aromatic nitrogens is 3. The third kappa shape index (κ3) is 2.03. The Kier molecular flexibility index (Phi) is 2.76. The Labute approximate surface area is 100 Å². The third-order valence-electron chi connectivity index (χ3n) is 2.58. The van der Waals surface area contributed by atoms with Crippen LogP contribution in [0.5, 0.6) is 0 Å². The van der Waals surface area contributed by atoms with Crippen molar-refractivity contribution in [1.82, 2.24) is 14.8 Å². The van der Waals surface area contributed by atoms with Crippen molar-refractivity contribution in [3.8, 4) is 11.3 Å². The molecule has 0 unspecified atom stereocenters. The molecule has 7 heteroatoms. The summed E-state index contributed by atoms with van der Waals surface area (Å²) >= 11 is 0. The first-order chi connectivity index (χ1) is 8.30. The molecule has 96 valence electrons. The molecule has 0 atom stereocenters. The third-order valence-corrected chi connectivity index (χ3v) is 2.58. The summed E-state index contributed by atoms with van der Waals surface area (Å²) in [5.74, 6) is 0. The molecule has 0 spiro atoms. The number of nitrogens with one attached hydrogen (secondary N) is 1. The smallest absolute Gasteiger partial charge is 0.300 e. The second-order valence-corrected chi connectivity index (χ2v) is 3.91. The molecule has 4 nitrogen and oxygen atoms in total. The van der Waals surface area contributed by atoms with Crippen LogP contribution in [0.25, 0.3) is 11.3 Å². The molecule has 0 aliphatic heterocycles. The molecule has 0 radical (unpaired) electrons. The molecule has 2 heterocycles. The van der Waals surface area contributed by atoms with E-state index in [2.05, 4.69) is 10.1 Å². The highest BCUT2D eigenvalue weighted by Crippen LogP contribution is 2.29. The highest BCUT2D eigenvalue weighted by molar-refractivity contribution is 5.60. The molecule has 0 aliphatic rings. The lowest BCUT2D eigenvalue weighted by molar-refractivity contribution is -0.137. The van der Waals surface area contributed by atoms with Gasteiger partial charge in [-0.2, -0.15) is 13.2 Å². The van der Waals surface area contributed by atoms with Crippen LogP contribution < -0.4 is 5.56 Å². The summed E-state index contributed by atoms with van der Waals surface area (Å²) in [6.45, 7) is 1.66. The van der Waals surface area contributed by atoms with E-state index in [0.29, 0.717) is 5.69 Å². The predicted octanol–water partition coefficient (Wildman–Crippen LogP) is 2.10. The summed E-state index contributed by atoms with van der Waals surface area (Å²) in [7, 11) is 1.53. The molecular formula is C11H10F3N3O. The lowest BCUT2D eigenvalue weighted by Crippen LogP contribution is -2.13. The van der Waals surface area contributed by atoms with Crippen molar-refractivity contribution in [3.63, 3.8) is 0 Å². The van der Waals surface area contributed by atoms with Crippen LogP contribution >= 0.6 is 0 Å². The number of rotatable bonds is 1. The average molecular weight is 257 g/mol. The second-order valence-electron chi connectivity index (χ2n) is 3.91. The van der Waals surface area contributed by atoms with Gasteiger partial charge in [0.25, 0.3) is 5.56 Å². The molecule has 0 saturated carbocycles. The molecule has 2 aromatic rings. The van der Waals surface area contributed by atoms with Gasteiger partial charge in [0.1, 0.15) is 0 Å². The van der Waals surface area contributed by atoms with Gasteiger partial charge in [0.05, 0.1) is 16.8 Å². The summed E-state index contributed by atoms with van der Waals surface area (Å²) in [6.07, 6.45) is -3.70. The van der Waals surface area contributed by atoms with E-state index in [1.807, 2.05) is 0 Å². The van der Waals surface area contributed by atoms with Gasteiger partial charge in [-0.25, -0.2) is 0 Å². The maximum atomic E-state index is 12.4. The van der Waals surface area contributed by atoms with Crippen molar-refractivity contribution in [2.24, 2.45) is 7.05 Å². The summed E-state index contributed by atoms with van der Waals surface area (Å²) in [6, 6.07) is 2.11. The molecule has 2 aromatic heterocycles. The topological polar surface area (TPSA) is 50.7 Å². The van der Waals surface area contributed by atoms with E-state index in [-0.39, 0.29) is 16.8 Å². The normalized spacial score (nSPS) is 11.8. The summed E-state index contributed by atoms with van der Waals surface area (Å²) < 4.78 is 38.4. The van der Waals surface area contributed by atoms with Crippen molar-refractivity contribution in [3.05, 3.63) is 39.9 Å². The molecule has 0 aliphatic carbocycles. The number of halogens is 3. The molecule has 0 bridgehead atoms. The molecular weight excluding hydrogens is 247 g/mol. The van der Waals surface area contributed by atoms with Crippen molar-refractivity contribution < 1.29 is 13.2 Å². The van der Waals surface area contributed by atoms with Gasteiger partial charge in [-0.05, 0) is 19.1 Å². The average Bonchev–Trinajstić information content (AvgIpc) is 2.52. The largest absolute Gasteiger partial charge is 0.417 e. The molecule has 0 fully saturated rings. The van der Waals surface area contributed by atoms with E-state index in [1.165, 1.54) is 17.8 Å². The van der Waals surface area contributed by atoms with Crippen molar-refractivity contribution in [2.75, 3.05) is 0 Å². The lowest BCUT2D eigenvalue weighted by atomic mass is 10.1. The van der Waals surface area contributed by atoms with E-state index in [9.17, 15) is 18.0 Å². The van der Waals surface area contributed by atoms with Gasteiger partial charge in [0.15, 0.2) is 0 Å². The zero-order valence-corrected chi connectivity index (χ0v) is 9.67. The molecule has 0 amide bonds. The minimum atomic E-state index is -4.43. The van der Waals surface area contributed by atoms with Gasteiger partial charge in [-0.1, -0.05) is 0 Å². The van der Waals surface area contributed by atoms with Crippen LogP contribution in [-0.2, 0) is 13.2 Å². The zero-order chi connectivity index (χ0) is 13.5. The fraction of sp³-hybridized carbons (Fsp3) is 0.273. The standard InChI is InChI=1S/C11H10F3N3O/c1-6-9(10(18)17(2)16-6)8-4-3-7(5-15-8)11(12,13)14/h3-5,16H,1-2H3. The number of hydrogen-bond acceptors (Lipinski definition) is 2. The fourth-order valence-corrected chi connectivity index (χ4v) is 1.70. The minimum absolute atomic E-state index is 0.224. The van der Waals surface area contributed by atoms with Crippen LogP contribution in [0.1, 0.15) is 11.3 Å². The van der Waals surface area contributed by atoms with Crippen LogP contribution in [0.2, 0.25) is 0 Å². The Morgan fingerprint density at radius 1 is 1.33 bits per heavy atom. The lowest BCUT2D eigenvalue weighted by Gasteiger charge is -2.06. The van der Waals surface area contributed by atoms with Crippen molar-refractivity contribution in [1.29, 1.82) is 0 Å². The minimum Gasteiger partial charge on any atom is -0.300 e. The van der Waals surface area contributed by atoms with Gasteiger partial charge >= 0.3 is 6.18 Å². The van der Waals surface area contributed by atoms with Gasteiger partial charge in [0, 0.05) is 18.9 Å². The number of H-pyrrole nitrogens is 1. The highest BCUT2D eigenvalue weighted by atomic mass is 19.4. The fourth-order valence-electron chi connectivity index (χ4n) is 1.70. The Morgan fingerprint density at radius 3 is 2.39 bits per heavy atom. The summed E-state index contributed by atoms with van der Waals surface area (Å²) in [5.41, 5.74) is -0.0839. The number of aromatic amines is 1. The Hall–Kier alpha value is -2.05. The molecule has 0 aromatic carbocycles. The number of pyridine rings is 1. The number of alkyl halides is 3. The number of nitrogens with zero attached hydrogens (tertiary/aromatic N) is 2. The second kappa shape index (κ2) is 4.01. The summed E-state index contributed by atoms with van der Waals surface area (Å²) in [5, 5.41) is 2.76. The predicted molar refractivity (Wildman–Crippen MR) is 59.0 cm³/mol. The maximum absolute atomic E-state index is 12.4. The molecule has 18 heavy (non-hydrogen) atoms. The van der Waals surface area contributed by atoms with E-state index in [1.54, 1.807) is 6.92 Å². The zero-order valence-electron chi connectivity index (χ0n) is 9.67. The van der Waals surface area contributed by atoms with E-state index in [4.69, 9.17) is 0 Å². The van der Waals surface area contributed by atoms with Crippen LogP contribution in [0.3, 0.4) is 0 Å². The molecule has 2 rings (SSSR count). The van der Waals surface area contributed by atoms with E-state index < -0.39 is 11.7 Å². The van der Waals surface area contributed by atoms with E-state index in [0.717, 1.165) is 12.3 Å². The van der Waals surface area contributed by atoms with E-state index >= 15 is 0 Å².